The van der Waals surface area contributed by atoms with Crippen molar-refractivity contribution in [3.63, 3.8) is 0 Å². The lowest BCUT2D eigenvalue weighted by atomic mass is 9.67. The van der Waals surface area contributed by atoms with Crippen molar-refractivity contribution in [1.29, 1.82) is 0 Å². The van der Waals surface area contributed by atoms with Gasteiger partial charge in [0.15, 0.2) is 0 Å². The molecule has 5 atom stereocenters. The summed E-state index contributed by atoms with van der Waals surface area (Å²) in [6, 6.07) is 0. The molecule has 14 heteroatoms. The molecule has 3 aliphatic rings. The molecule has 0 spiro atoms. The molecule has 3 fully saturated rings. The minimum absolute atomic E-state index is 0.434. The van der Waals surface area contributed by atoms with Crippen LogP contribution in [0.1, 0.15) is 12.8 Å². The average molecular weight is 426 g/mol. The van der Waals surface area contributed by atoms with Gasteiger partial charge in [-0.3, -0.25) is 0 Å². The van der Waals surface area contributed by atoms with Crippen LogP contribution in [0.5, 0.6) is 0 Å². The van der Waals surface area contributed by atoms with E-state index in [0.29, 0.717) is 0 Å². The second-order valence-corrected chi connectivity index (χ2v) is 6.87. The van der Waals surface area contributed by atoms with Crippen LogP contribution in [0, 0.1) is 17.8 Å². The zero-order valence-electron chi connectivity index (χ0n) is 12.7. The second kappa shape index (κ2) is 5.57. The molecule has 0 N–H and O–H groups in total. The fraction of sp³-hybridized carbons (Fsp3) is 1.00. The summed E-state index contributed by atoms with van der Waals surface area (Å²) < 4.78 is 162. The maximum Gasteiger partial charge on any atom is 0.426 e. The summed E-state index contributed by atoms with van der Waals surface area (Å²) in [6.07, 6.45) is -32.3. The first-order valence-corrected chi connectivity index (χ1v) is 7.51. The highest BCUT2D eigenvalue weighted by Crippen LogP contribution is 2.69. The third kappa shape index (κ3) is 2.88. The average Bonchev–Trinajstić information content (AvgIpc) is 2.82. The van der Waals surface area contributed by atoms with Gasteiger partial charge >= 0.3 is 24.7 Å². The molecule has 0 aromatic carbocycles. The van der Waals surface area contributed by atoms with Crippen molar-refractivity contribution in [3.05, 3.63) is 0 Å². The van der Waals surface area contributed by atoms with E-state index in [0.717, 1.165) is 0 Å². The standard InChI is InChI=1S/C13H10F12O2/c14-10(15,16)8(11(17,18)19)26-5-2-3-1-4(5)7-6(3)9(27-7,12(20,21)22)13(23,24)25/h3-8H,1-2H2/t3-,4+,5?,6?,7?/m1/s1. The van der Waals surface area contributed by atoms with Crippen LogP contribution in [0.3, 0.4) is 0 Å². The Labute approximate surface area is 142 Å². The molecular formula is C13H10F12O2. The Morgan fingerprint density at radius 3 is 1.63 bits per heavy atom. The van der Waals surface area contributed by atoms with Crippen molar-refractivity contribution in [1.82, 2.24) is 0 Å². The molecule has 1 saturated heterocycles. The van der Waals surface area contributed by atoms with Gasteiger partial charge in [-0.15, -0.1) is 0 Å². The fourth-order valence-corrected chi connectivity index (χ4v) is 4.53. The second-order valence-electron chi connectivity index (χ2n) is 6.87. The number of alkyl halides is 12. The Morgan fingerprint density at radius 1 is 0.778 bits per heavy atom. The lowest BCUT2D eigenvalue weighted by molar-refractivity contribution is -0.474. The number of halogens is 12. The molecule has 2 bridgehead atoms. The molecule has 0 amide bonds. The maximum atomic E-state index is 13.1. The Kier molecular flexibility index (Phi) is 4.29. The number of hydrogen-bond donors (Lipinski definition) is 0. The van der Waals surface area contributed by atoms with Gasteiger partial charge in [-0.1, -0.05) is 0 Å². The maximum absolute atomic E-state index is 13.1. The largest absolute Gasteiger partial charge is 0.426 e. The van der Waals surface area contributed by atoms with Gasteiger partial charge in [-0.25, -0.2) is 0 Å². The highest BCUT2D eigenvalue weighted by Gasteiger charge is 2.87. The molecule has 1 aliphatic heterocycles. The molecule has 2 saturated carbocycles. The van der Waals surface area contributed by atoms with Gasteiger partial charge in [0.05, 0.1) is 12.2 Å². The van der Waals surface area contributed by atoms with Crippen LogP contribution in [0.25, 0.3) is 0 Å². The fourth-order valence-electron chi connectivity index (χ4n) is 4.53. The number of rotatable bonds is 2. The van der Waals surface area contributed by atoms with Gasteiger partial charge < -0.3 is 9.47 Å². The molecule has 0 aromatic heterocycles. The number of hydrogen-bond acceptors (Lipinski definition) is 2. The summed E-state index contributed by atoms with van der Waals surface area (Å²) in [4.78, 5) is 0. The normalized spacial score (nSPS) is 36.1. The van der Waals surface area contributed by atoms with Crippen molar-refractivity contribution in [3.8, 4) is 0 Å². The first-order valence-electron chi connectivity index (χ1n) is 7.51. The highest BCUT2D eigenvalue weighted by atomic mass is 19.4. The SMILES string of the molecule is FC(F)(F)C(OC1C[C@H]2C[C@@H]1C1OC(C(F)(F)F)(C(F)(F)F)C12)C(F)(F)F. The Bertz CT molecular complexity index is 554. The summed E-state index contributed by atoms with van der Waals surface area (Å²) in [7, 11) is 0. The van der Waals surface area contributed by atoms with Gasteiger partial charge in [0.1, 0.15) is 0 Å². The monoisotopic (exact) mass is 426 g/mol. The van der Waals surface area contributed by atoms with Crippen molar-refractivity contribution in [2.45, 2.75) is 61.5 Å². The first-order chi connectivity index (χ1) is 11.9. The molecule has 2 aliphatic carbocycles. The van der Waals surface area contributed by atoms with Crippen molar-refractivity contribution >= 4 is 0 Å². The summed E-state index contributed by atoms with van der Waals surface area (Å²) in [5.41, 5.74) is -4.46. The van der Waals surface area contributed by atoms with E-state index < -0.39 is 79.2 Å². The quantitative estimate of drug-likeness (QED) is 0.592. The summed E-state index contributed by atoms with van der Waals surface area (Å²) >= 11 is 0. The zero-order valence-corrected chi connectivity index (χ0v) is 12.7. The molecule has 3 rings (SSSR count). The van der Waals surface area contributed by atoms with Crippen LogP contribution in [0.2, 0.25) is 0 Å². The molecule has 0 aromatic rings. The van der Waals surface area contributed by atoms with Crippen molar-refractivity contribution in [2.24, 2.45) is 17.8 Å². The van der Waals surface area contributed by atoms with Crippen LogP contribution in [-0.4, -0.2) is 48.6 Å². The molecule has 0 radical (unpaired) electrons. The van der Waals surface area contributed by atoms with E-state index in [1.807, 2.05) is 0 Å². The van der Waals surface area contributed by atoms with E-state index in [4.69, 9.17) is 0 Å². The molecule has 3 unspecified atom stereocenters. The highest BCUT2D eigenvalue weighted by molar-refractivity contribution is 5.21. The van der Waals surface area contributed by atoms with E-state index in [1.165, 1.54) is 0 Å². The van der Waals surface area contributed by atoms with Gasteiger partial charge in [0, 0.05) is 11.8 Å². The number of ether oxygens (including phenoxy) is 2. The summed E-state index contributed by atoms with van der Waals surface area (Å²) in [5.74, 6) is -4.94. The zero-order chi connectivity index (χ0) is 20.8. The lowest BCUT2D eigenvalue weighted by Crippen LogP contribution is -2.76. The van der Waals surface area contributed by atoms with E-state index >= 15 is 0 Å². The summed E-state index contributed by atoms with van der Waals surface area (Å²) in [6.45, 7) is 0. The third-order valence-corrected chi connectivity index (χ3v) is 5.41. The molecular weight excluding hydrogens is 416 g/mol. The molecule has 27 heavy (non-hydrogen) atoms. The van der Waals surface area contributed by atoms with Crippen LogP contribution < -0.4 is 0 Å². The van der Waals surface area contributed by atoms with Crippen LogP contribution in [0.15, 0.2) is 0 Å². The number of fused-ring (bicyclic) bond motifs is 5. The van der Waals surface area contributed by atoms with Crippen LogP contribution in [-0.2, 0) is 9.47 Å². The summed E-state index contributed by atoms with van der Waals surface area (Å²) in [5, 5.41) is 0. The lowest BCUT2D eigenvalue weighted by Gasteiger charge is -2.57. The van der Waals surface area contributed by atoms with E-state index in [2.05, 4.69) is 9.47 Å². The molecule has 1 heterocycles. The van der Waals surface area contributed by atoms with Crippen molar-refractivity contribution < 1.29 is 62.2 Å². The Morgan fingerprint density at radius 2 is 1.26 bits per heavy atom. The predicted octanol–water partition coefficient (Wildman–Crippen LogP) is 4.78. The minimum atomic E-state index is -5.83. The topological polar surface area (TPSA) is 18.5 Å². The van der Waals surface area contributed by atoms with Gasteiger partial charge in [0.25, 0.3) is 5.60 Å². The van der Waals surface area contributed by atoms with Crippen LogP contribution in [0.4, 0.5) is 52.7 Å². The first kappa shape index (κ1) is 20.8. The molecule has 158 valence electrons. The molecule has 2 nitrogen and oxygen atoms in total. The smallest absolute Gasteiger partial charge is 0.357 e. The Balaban J connectivity index is 1.81. The van der Waals surface area contributed by atoms with E-state index in [1.54, 1.807) is 0 Å². The van der Waals surface area contributed by atoms with Gasteiger partial charge in [0.2, 0.25) is 6.10 Å². The van der Waals surface area contributed by atoms with E-state index in [-0.39, 0.29) is 0 Å². The predicted molar refractivity (Wildman–Crippen MR) is 60.2 cm³/mol. The Hall–Kier alpha value is -0.920. The van der Waals surface area contributed by atoms with E-state index in [9.17, 15) is 52.7 Å². The minimum Gasteiger partial charge on any atom is -0.357 e. The van der Waals surface area contributed by atoms with Gasteiger partial charge in [-0.05, 0) is 18.8 Å². The van der Waals surface area contributed by atoms with Crippen LogP contribution >= 0.6 is 0 Å². The van der Waals surface area contributed by atoms with Gasteiger partial charge in [-0.2, -0.15) is 52.7 Å². The van der Waals surface area contributed by atoms with Crippen molar-refractivity contribution in [2.75, 3.05) is 0 Å². The third-order valence-electron chi connectivity index (χ3n) is 5.41.